The molecule has 2 aromatic rings. The quantitative estimate of drug-likeness (QED) is 0.854. The zero-order valence-electron chi connectivity index (χ0n) is 12.7. The molecule has 0 bridgehead atoms. The number of para-hydroxylation sites is 1. The van der Waals surface area contributed by atoms with Gasteiger partial charge in [-0.05, 0) is 23.8 Å². The summed E-state index contributed by atoms with van der Waals surface area (Å²) in [5.41, 5.74) is 2.30. The number of fused-ring (bicyclic) bond motifs is 1. The van der Waals surface area contributed by atoms with Crippen molar-refractivity contribution in [2.45, 2.75) is 6.42 Å². The van der Waals surface area contributed by atoms with Gasteiger partial charge in [0.1, 0.15) is 5.82 Å². The number of hydrogen-bond donors (Lipinski definition) is 2. The van der Waals surface area contributed by atoms with Crippen LogP contribution in [0.5, 0.6) is 0 Å². The Balaban J connectivity index is 1.58. The van der Waals surface area contributed by atoms with Gasteiger partial charge in [0.05, 0.1) is 6.42 Å². The summed E-state index contributed by atoms with van der Waals surface area (Å²) >= 11 is 0. The van der Waals surface area contributed by atoms with Crippen LogP contribution in [0.1, 0.15) is 16.1 Å². The first-order chi connectivity index (χ1) is 11.2. The molecule has 0 saturated carbocycles. The highest BCUT2D eigenvalue weighted by atomic mass is 16.2. The molecule has 0 fully saturated rings. The average molecular weight is 311 g/mol. The lowest BCUT2D eigenvalue weighted by molar-refractivity contribution is -0.117. The van der Waals surface area contributed by atoms with Crippen molar-refractivity contribution in [3.8, 4) is 0 Å². The normalized spacial score (nSPS) is 12.9. The molecule has 7 heteroatoms. The Morgan fingerprint density at radius 1 is 1.22 bits per heavy atom. The lowest BCUT2D eigenvalue weighted by Gasteiger charge is -2.17. The van der Waals surface area contributed by atoms with E-state index in [9.17, 15) is 9.59 Å². The molecule has 7 nitrogen and oxygen atoms in total. The number of benzene rings is 1. The Bertz CT molecular complexity index is 730. The molecule has 23 heavy (non-hydrogen) atoms. The SMILES string of the molecule is CNC(=O)c1ccc(NCCN2C(=O)Cc3ccccc32)nn1. The van der Waals surface area contributed by atoms with Gasteiger partial charge in [0, 0.05) is 25.8 Å². The van der Waals surface area contributed by atoms with Gasteiger partial charge in [0.2, 0.25) is 5.91 Å². The van der Waals surface area contributed by atoms with Gasteiger partial charge in [-0.2, -0.15) is 0 Å². The van der Waals surface area contributed by atoms with Crippen LogP contribution < -0.4 is 15.5 Å². The van der Waals surface area contributed by atoms with Gasteiger partial charge >= 0.3 is 0 Å². The number of hydrogen-bond acceptors (Lipinski definition) is 5. The summed E-state index contributed by atoms with van der Waals surface area (Å²) in [5, 5.41) is 13.4. The minimum absolute atomic E-state index is 0.106. The van der Waals surface area contributed by atoms with Gasteiger partial charge in [-0.15, -0.1) is 10.2 Å². The summed E-state index contributed by atoms with van der Waals surface area (Å²) in [6, 6.07) is 11.1. The number of carbonyl (C=O) groups excluding carboxylic acids is 2. The van der Waals surface area contributed by atoms with Crippen LogP contribution in [0.3, 0.4) is 0 Å². The van der Waals surface area contributed by atoms with Gasteiger partial charge in [-0.3, -0.25) is 9.59 Å². The van der Waals surface area contributed by atoms with E-state index in [1.807, 2.05) is 24.3 Å². The van der Waals surface area contributed by atoms with E-state index in [-0.39, 0.29) is 17.5 Å². The summed E-state index contributed by atoms with van der Waals surface area (Å²) in [6.45, 7) is 1.10. The molecule has 0 aliphatic carbocycles. The number of amides is 2. The molecule has 2 amide bonds. The molecule has 1 aliphatic heterocycles. The third kappa shape index (κ3) is 3.13. The lowest BCUT2D eigenvalue weighted by Crippen LogP contribution is -2.31. The Labute approximate surface area is 133 Å². The standard InChI is InChI=1S/C16H17N5O2/c1-17-16(23)12-6-7-14(20-19-12)18-8-9-21-13-5-3-2-4-11(13)10-15(21)22/h2-7H,8-10H2,1H3,(H,17,23)(H,18,20). The zero-order valence-corrected chi connectivity index (χ0v) is 12.7. The number of aromatic nitrogens is 2. The molecule has 0 unspecified atom stereocenters. The van der Waals surface area contributed by atoms with Crippen LogP contribution in [0, 0.1) is 0 Å². The number of carbonyl (C=O) groups is 2. The van der Waals surface area contributed by atoms with E-state index >= 15 is 0 Å². The highest BCUT2D eigenvalue weighted by Gasteiger charge is 2.25. The van der Waals surface area contributed by atoms with Crippen molar-refractivity contribution in [1.82, 2.24) is 15.5 Å². The first-order valence-electron chi connectivity index (χ1n) is 7.37. The number of nitrogens with one attached hydrogen (secondary N) is 2. The fourth-order valence-corrected chi connectivity index (χ4v) is 2.53. The van der Waals surface area contributed by atoms with E-state index in [1.165, 1.54) is 0 Å². The highest BCUT2D eigenvalue weighted by molar-refractivity contribution is 6.01. The first kappa shape index (κ1) is 15.0. The molecule has 1 aromatic carbocycles. The van der Waals surface area contributed by atoms with E-state index in [4.69, 9.17) is 0 Å². The van der Waals surface area contributed by atoms with Gasteiger partial charge < -0.3 is 15.5 Å². The summed E-state index contributed by atoms with van der Waals surface area (Å²) in [5.74, 6) is 0.398. The van der Waals surface area contributed by atoms with Crippen molar-refractivity contribution in [1.29, 1.82) is 0 Å². The molecule has 1 aromatic heterocycles. The topological polar surface area (TPSA) is 87.2 Å². The van der Waals surface area contributed by atoms with Crippen LogP contribution in [-0.4, -0.2) is 42.1 Å². The van der Waals surface area contributed by atoms with E-state index < -0.39 is 0 Å². The van der Waals surface area contributed by atoms with Crippen molar-refractivity contribution in [2.75, 3.05) is 30.4 Å². The molecule has 0 saturated heterocycles. The van der Waals surface area contributed by atoms with Gasteiger partial charge in [0.15, 0.2) is 5.69 Å². The van der Waals surface area contributed by atoms with Crippen LogP contribution in [-0.2, 0) is 11.2 Å². The Hall–Kier alpha value is -2.96. The summed E-state index contributed by atoms with van der Waals surface area (Å²) in [6.07, 6.45) is 0.455. The molecule has 3 rings (SSSR count). The monoisotopic (exact) mass is 311 g/mol. The number of nitrogens with zero attached hydrogens (tertiary/aromatic N) is 3. The molecule has 118 valence electrons. The van der Waals surface area contributed by atoms with Gasteiger partial charge in [-0.25, -0.2) is 0 Å². The second-order valence-electron chi connectivity index (χ2n) is 5.16. The molecule has 2 heterocycles. The first-order valence-corrected chi connectivity index (χ1v) is 7.37. The van der Waals surface area contributed by atoms with E-state index in [0.29, 0.717) is 25.3 Å². The van der Waals surface area contributed by atoms with E-state index in [0.717, 1.165) is 11.3 Å². The van der Waals surface area contributed by atoms with Crippen molar-refractivity contribution in [2.24, 2.45) is 0 Å². The van der Waals surface area contributed by atoms with Crippen LogP contribution in [0.15, 0.2) is 36.4 Å². The van der Waals surface area contributed by atoms with Crippen molar-refractivity contribution in [3.63, 3.8) is 0 Å². The van der Waals surface area contributed by atoms with Crippen molar-refractivity contribution >= 4 is 23.3 Å². The van der Waals surface area contributed by atoms with Crippen molar-refractivity contribution < 1.29 is 9.59 Å². The largest absolute Gasteiger partial charge is 0.367 e. The molecular weight excluding hydrogens is 294 g/mol. The van der Waals surface area contributed by atoms with E-state index in [2.05, 4.69) is 20.8 Å². The predicted molar refractivity (Wildman–Crippen MR) is 86.4 cm³/mol. The lowest BCUT2D eigenvalue weighted by atomic mass is 10.2. The second kappa shape index (κ2) is 6.43. The minimum atomic E-state index is -0.275. The smallest absolute Gasteiger partial charge is 0.271 e. The molecule has 1 aliphatic rings. The average Bonchev–Trinajstić information content (AvgIpc) is 2.90. The van der Waals surface area contributed by atoms with E-state index in [1.54, 1.807) is 24.1 Å². The second-order valence-corrected chi connectivity index (χ2v) is 5.16. The van der Waals surface area contributed by atoms with Crippen LogP contribution in [0.2, 0.25) is 0 Å². The summed E-state index contributed by atoms with van der Waals surface area (Å²) in [7, 11) is 1.54. The summed E-state index contributed by atoms with van der Waals surface area (Å²) < 4.78 is 0. The number of anilines is 2. The van der Waals surface area contributed by atoms with Crippen LogP contribution in [0.25, 0.3) is 0 Å². The number of rotatable bonds is 5. The van der Waals surface area contributed by atoms with Gasteiger partial charge in [0.25, 0.3) is 5.91 Å². The summed E-state index contributed by atoms with van der Waals surface area (Å²) in [4.78, 5) is 25.2. The zero-order chi connectivity index (χ0) is 16.2. The van der Waals surface area contributed by atoms with Crippen LogP contribution >= 0.6 is 0 Å². The van der Waals surface area contributed by atoms with Crippen molar-refractivity contribution in [3.05, 3.63) is 47.7 Å². The Kier molecular flexibility index (Phi) is 4.18. The molecular formula is C16H17N5O2. The minimum Gasteiger partial charge on any atom is -0.367 e. The molecule has 0 atom stereocenters. The molecule has 0 spiro atoms. The maximum atomic E-state index is 12.1. The Morgan fingerprint density at radius 2 is 2.04 bits per heavy atom. The third-order valence-corrected chi connectivity index (χ3v) is 3.69. The maximum absolute atomic E-state index is 12.1. The Morgan fingerprint density at radius 3 is 2.78 bits per heavy atom. The van der Waals surface area contributed by atoms with Crippen LogP contribution in [0.4, 0.5) is 11.5 Å². The third-order valence-electron chi connectivity index (χ3n) is 3.69. The fourth-order valence-electron chi connectivity index (χ4n) is 2.53. The molecule has 2 N–H and O–H groups in total. The maximum Gasteiger partial charge on any atom is 0.271 e. The molecule has 0 radical (unpaired) electrons. The van der Waals surface area contributed by atoms with Gasteiger partial charge in [-0.1, -0.05) is 18.2 Å². The highest BCUT2D eigenvalue weighted by Crippen LogP contribution is 2.27. The fraction of sp³-hybridized carbons (Fsp3) is 0.250. The predicted octanol–water partition coefficient (Wildman–Crippen LogP) is 0.837.